The Balaban J connectivity index is 2.29. The number of halogens is 1. The molecule has 0 saturated heterocycles. The molecule has 110 valence electrons. The molecule has 1 aromatic heterocycles. The molecule has 0 radical (unpaired) electrons. The van der Waals surface area contributed by atoms with Gasteiger partial charge in [-0.15, -0.1) is 0 Å². The van der Waals surface area contributed by atoms with Crippen molar-refractivity contribution in [2.45, 2.75) is 11.8 Å². The Labute approximate surface area is 130 Å². The largest absolute Gasteiger partial charge is 0.358 e. The third-order valence-electron chi connectivity index (χ3n) is 3.15. The summed E-state index contributed by atoms with van der Waals surface area (Å²) in [5.41, 5.74) is 1.85. The Morgan fingerprint density at radius 2 is 2.00 bits per heavy atom. The maximum atomic E-state index is 12.3. The van der Waals surface area contributed by atoms with Crippen LogP contribution in [0, 0.1) is 10.1 Å². The first-order valence-corrected chi connectivity index (χ1v) is 7.18. The molecule has 6 nitrogen and oxygen atoms in total. The van der Waals surface area contributed by atoms with E-state index < -0.39 is 4.92 Å². The monoisotopic (exact) mass is 351 g/mol. The number of anilines is 1. The van der Waals surface area contributed by atoms with Crippen LogP contribution in [0.25, 0.3) is 0 Å². The van der Waals surface area contributed by atoms with E-state index in [2.05, 4.69) is 21.2 Å². The Kier molecular flexibility index (Phi) is 4.42. The molecule has 0 fully saturated rings. The standard InChI is InChI=1S/C14H14BrN3O3/c1-9(15)10-5-3-4-6-11(10)16-14(19)12-7-8-13(17(12)2)18(20)21/h3-9H,1-2H3,(H,16,19). The molecule has 21 heavy (non-hydrogen) atoms. The summed E-state index contributed by atoms with van der Waals surface area (Å²) >= 11 is 3.47. The molecule has 1 heterocycles. The quantitative estimate of drug-likeness (QED) is 0.518. The van der Waals surface area contributed by atoms with E-state index in [0.717, 1.165) is 5.56 Å². The van der Waals surface area contributed by atoms with Crippen LogP contribution in [-0.2, 0) is 7.05 Å². The van der Waals surface area contributed by atoms with Gasteiger partial charge in [0.1, 0.15) is 0 Å². The molecule has 0 bridgehead atoms. The van der Waals surface area contributed by atoms with E-state index in [4.69, 9.17) is 0 Å². The van der Waals surface area contributed by atoms with Gasteiger partial charge in [0, 0.05) is 16.6 Å². The van der Waals surface area contributed by atoms with E-state index in [1.165, 1.54) is 23.7 Å². The van der Waals surface area contributed by atoms with Crippen LogP contribution in [0.15, 0.2) is 36.4 Å². The number of nitrogens with zero attached hydrogens (tertiary/aromatic N) is 2. The SMILES string of the molecule is CC(Br)c1ccccc1NC(=O)c1ccc([N+](=O)[O-])n1C. The number of alkyl halides is 1. The summed E-state index contributed by atoms with van der Waals surface area (Å²) in [5.74, 6) is -0.506. The van der Waals surface area contributed by atoms with E-state index in [1.807, 2.05) is 25.1 Å². The summed E-state index contributed by atoms with van der Waals surface area (Å²) in [6.45, 7) is 1.96. The summed E-state index contributed by atoms with van der Waals surface area (Å²) in [7, 11) is 1.49. The summed E-state index contributed by atoms with van der Waals surface area (Å²) in [4.78, 5) is 22.6. The first kappa shape index (κ1) is 15.2. The third-order valence-corrected chi connectivity index (χ3v) is 3.65. The van der Waals surface area contributed by atoms with Gasteiger partial charge in [0.2, 0.25) is 0 Å². The van der Waals surface area contributed by atoms with Crippen LogP contribution >= 0.6 is 15.9 Å². The first-order valence-electron chi connectivity index (χ1n) is 6.26. The molecule has 1 aromatic carbocycles. The number of nitro groups is 1. The summed E-state index contributed by atoms with van der Waals surface area (Å²) < 4.78 is 1.26. The number of benzene rings is 1. The Bertz CT molecular complexity index is 695. The zero-order valence-electron chi connectivity index (χ0n) is 11.5. The number of carbonyl (C=O) groups is 1. The number of amides is 1. The molecule has 1 atom stereocenters. The summed E-state index contributed by atoms with van der Waals surface area (Å²) in [6, 6.07) is 10.2. The highest BCUT2D eigenvalue weighted by Gasteiger charge is 2.21. The molecule has 0 spiro atoms. The van der Waals surface area contributed by atoms with Gasteiger partial charge >= 0.3 is 5.82 Å². The van der Waals surface area contributed by atoms with Gasteiger partial charge in [-0.1, -0.05) is 34.1 Å². The van der Waals surface area contributed by atoms with Crippen molar-refractivity contribution in [2.75, 3.05) is 5.32 Å². The number of aromatic nitrogens is 1. The second-order valence-electron chi connectivity index (χ2n) is 4.55. The van der Waals surface area contributed by atoms with Crippen LogP contribution in [0.4, 0.5) is 11.5 Å². The lowest BCUT2D eigenvalue weighted by molar-refractivity contribution is -0.391. The Morgan fingerprint density at radius 1 is 1.33 bits per heavy atom. The van der Waals surface area contributed by atoms with Gasteiger partial charge < -0.3 is 15.4 Å². The molecule has 2 aromatic rings. The molecule has 1 unspecified atom stereocenters. The maximum absolute atomic E-state index is 12.3. The number of para-hydroxylation sites is 1. The zero-order chi connectivity index (χ0) is 15.6. The molecule has 1 amide bonds. The van der Waals surface area contributed by atoms with Gasteiger partial charge in [-0.3, -0.25) is 4.79 Å². The van der Waals surface area contributed by atoms with Gasteiger partial charge in [0.15, 0.2) is 5.69 Å². The van der Waals surface area contributed by atoms with Crippen molar-refractivity contribution in [3.63, 3.8) is 0 Å². The van der Waals surface area contributed by atoms with Crippen molar-refractivity contribution in [2.24, 2.45) is 7.05 Å². The van der Waals surface area contributed by atoms with Crippen LogP contribution in [0.3, 0.4) is 0 Å². The highest BCUT2D eigenvalue weighted by Crippen LogP contribution is 2.29. The van der Waals surface area contributed by atoms with E-state index in [1.54, 1.807) is 6.07 Å². The molecule has 0 aliphatic carbocycles. The van der Waals surface area contributed by atoms with Crippen molar-refractivity contribution >= 4 is 33.3 Å². The van der Waals surface area contributed by atoms with E-state index in [-0.39, 0.29) is 22.2 Å². The van der Waals surface area contributed by atoms with Crippen LogP contribution < -0.4 is 5.32 Å². The van der Waals surface area contributed by atoms with Crippen molar-refractivity contribution in [1.29, 1.82) is 0 Å². The average Bonchev–Trinajstić information content (AvgIpc) is 2.81. The minimum Gasteiger partial charge on any atom is -0.358 e. The number of rotatable bonds is 4. The van der Waals surface area contributed by atoms with Crippen molar-refractivity contribution < 1.29 is 9.72 Å². The zero-order valence-corrected chi connectivity index (χ0v) is 13.1. The molecule has 0 saturated carbocycles. The predicted molar refractivity (Wildman–Crippen MR) is 83.8 cm³/mol. The lowest BCUT2D eigenvalue weighted by Gasteiger charge is -2.12. The van der Waals surface area contributed by atoms with Crippen LogP contribution in [0.5, 0.6) is 0 Å². The van der Waals surface area contributed by atoms with E-state index in [0.29, 0.717) is 5.69 Å². The van der Waals surface area contributed by atoms with Gasteiger partial charge in [0.25, 0.3) is 5.91 Å². The van der Waals surface area contributed by atoms with E-state index in [9.17, 15) is 14.9 Å². The second-order valence-corrected chi connectivity index (χ2v) is 5.92. The molecular formula is C14H14BrN3O3. The fraction of sp³-hybridized carbons (Fsp3) is 0.214. The lowest BCUT2D eigenvalue weighted by Crippen LogP contribution is -2.17. The van der Waals surface area contributed by atoms with Gasteiger partial charge in [-0.05, 0) is 29.5 Å². The second kappa shape index (κ2) is 6.09. The minimum atomic E-state index is -0.523. The summed E-state index contributed by atoms with van der Waals surface area (Å²) in [6.07, 6.45) is 0. The van der Waals surface area contributed by atoms with Crippen LogP contribution in [0.1, 0.15) is 27.8 Å². The first-order chi connectivity index (χ1) is 9.91. The normalized spacial score (nSPS) is 12.0. The van der Waals surface area contributed by atoms with Crippen LogP contribution in [-0.4, -0.2) is 15.4 Å². The fourth-order valence-corrected chi connectivity index (χ4v) is 2.46. The smallest absolute Gasteiger partial charge is 0.323 e. The Hall–Kier alpha value is -2.15. The average molecular weight is 352 g/mol. The molecule has 2 rings (SSSR count). The van der Waals surface area contributed by atoms with Crippen molar-refractivity contribution in [3.05, 3.63) is 57.8 Å². The van der Waals surface area contributed by atoms with E-state index >= 15 is 0 Å². The van der Waals surface area contributed by atoms with Crippen molar-refractivity contribution in [3.8, 4) is 0 Å². The molecule has 1 N–H and O–H groups in total. The number of hydrogen-bond donors (Lipinski definition) is 1. The third kappa shape index (κ3) is 3.13. The van der Waals surface area contributed by atoms with Gasteiger partial charge in [0.05, 0.1) is 7.05 Å². The number of nitrogens with one attached hydrogen (secondary N) is 1. The highest BCUT2D eigenvalue weighted by molar-refractivity contribution is 9.09. The minimum absolute atomic E-state index is 0.0803. The molecular weight excluding hydrogens is 338 g/mol. The van der Waals surface area contributed by atoms with Gasteiger partial charge in [-0.2, -0.15) is 0 Å². The molecule has 0 aliphatic heterocycles. The number of hydrogen-bond acceptors (Lipinski definition) is 3. The van der Waals surface area contributed by atoms with Crippen LogP contribution in [0.2, 0.25) is 0 Å². The maximum Gasteiger partial charge on any atom is 0.323 e. The number of carbonyl (C=O) groups excluding carboxylic acids is 1. The predicted octanol–water partition coefficient (Wildman–Crippen LogP) is 3.64. The van der Waals surface area contributed by atoms with Gasteiger partial charge in [-0.25, -0.2) is 4.57 Å². The highest BCUT2D eigenvalue weighted by atomic mass is 79.9. The summed E-state index contributed by atoms with van der Waals surface area (Å²) in [5, 5.41) is 13.6. The topological polar surface area (TPSA) is 77.2 Å². The molecule has 7 heteroatoms. The Morgan fingerprint density at radius 3 is 2.57 bits per heavy atom. The molecule has 0 aliphatic rings. The lowest BCUT2D eigenvalue weighted by atomic mass is 10.1. The fourth-order valence-electron chi connectivity index (χ4n) is 2.06. The van der Waals surface area contributed by atoms with Crippen molar-refractivity contribution in [1.82, 2.24) is 4.57 Å².